The van der Waals surface area contributed by atoms with Gasteiger partial charge in [0.15, 0.2) is 0 Å². The Bertz CT molecular complexity index is 533. The van der Waals surface area contributed by atoms with Crippen molar-refractivity contribution in [2.75, 3.05) is 13.2 Å². The highest BCUT2D eigenvalue weighted by Gasteiger charge is 2.11. The number of hydrogen-bond acceptors (Lipinski definition) is 2. The monoisotopic (exact) mass is 269 g/mol. The lowest BCUT2D eigenvalue weighted by molar-refractivity contribution is 0.340. The second kappa shape index (κ2) is 7.11. The van der Waals surface area contributed by atoms with Crippen molar-refractivity contribution in [1.29, 1.82) is 0 Å². The summed E-state index contributed by atoms with van der Waals surface area (Å²) in [5.41, 5.74) is 9.81. The molecule has 0 saturated carbocycles. The van der Waals surface area contributed by atoms with Gasteiger partial charge in [-0.15, -0.1) is 0 Å². The van der Waals surface area contributed by atoms with E-state index in [9.17, 15) is 0 Å². The first-order valence-electron chi connectivity index (χ1n) is 7.21. The van der Waals surface area contributed by atoms with Crippen LogP contribution in [-0.4, -0.2) is 13.2 Å². The van der Waals surface area contributed by atoms with E-state index in [2.05, 4.69) is 43.3 Å². The van der Waals surface area contributed by atoms with Gasteiger partial charge in [0.1, 0.15) is 5.75 Å². The second-order valence-corrected chi connectivity index (χ2v) is 5.13. The minimum Gasteiger partial charge on any atom is -0.494 e. The first-order chi connectivity index (χ1) is 9.72. The molecule has 0 aliphatic rings. The van der Waals surface area contributed by atoms with Crippen LogP contribution in [0.15, 0.2) is 48.5 Å². The van der Waals surface area contributed by atoms with Crippen LogP contribution in [0.25, 0.3) is 0 Å². The van der Waals surface area contributed by atoms with E-state index in [4.69, 9.17) is 10.5 Å². The molecule has 0 aromatic heterocycles. The maximum atomic E-state index is 5.96. The van der Waals surface area contributed by atoms with Crippen LogP contribution in [0.3, 0.4) is 0 Å². The Labute approximate surface area is 121 Å². The van der Waals surface area contributed by atoms with Gasteiger partial charge >= 0.3 is 0 Å². The zero-order valence-electron chi connectivity index (χ0n) is 12.3. The van der Waals surface area contributed by atoms with Gasteiger partial charge in [-0.05, 0) is 50.1 Å². The summed E-state index contributed by atoms with van der Waals surface area (Å²) in [7, 11) is 0. The molecular formula is C18H23NO. The van der Waals surface area contributed by atoms with Gasteiger partial charge in [0.05, 0.1) is 6.61 Å². The minimum absolute atomic E-state index is 0.354. The second-order valence-electron chi connectivity index (χ2n) is 5.13. The maximum absolute atomic E-state index is 5.96. The van der Waals surface area contributed by atoms with E-state index >= 15 is 0 Å². The van der Waals surface area contributed by atoms with Gasteiger partial charge in [0, 0.05) is 5.92 Å². The highest BCUT2D eigenvalue weighted by molar-refractivity contribution is 5.32. The summed E-state index contributed by atoms with van der Waals surface area (Å²) in [6.45, 7) is 5.46. The zero-order valence-corrected chi connectivity index (χ0v) is 12.3. The molecule has 0 spiro atoms. The first kappa shape index (κ1) is 14.6. The van der Waals surface area contributed by atoms with E-state index in [0.29, 0.717) is 19.1 Å². The molecule has 0 radical (unpaired) electrons. The molecule has 2 aromatic carbocycles. The molecule has 20 heavy (non-hydrogen) atoms. The number of benzene rings is 2. The van der Waals surface area contributed by atoms with Crippen LogP contribution in [0.1, 0.15) is 29.5 Å². The third kappa shape index (κ3) is 3.84. The quantitative estimate of drug-likeness (QED) is 0.868. The molecule has 0 amide bonds. The molecule has 0 heterocycles. The molecule has 2 N–H and O–H groups in total. The number of nitrogens with two attached hydrogens (primary N) is 1. The third-order valence-electron chi connectivity index (χ3n) is 3.52. The highest BCUT2D eigenvalue weighted by atomic mass is 16.5. The number of ether oxygens (including phenoxy) is 1. The highest BCUT2D eigenvalue weighted by Crippen LogP contribution is 2.22. The fourth-order valence-electron chi connectivity index (χ4n) is 2.39. The lowest BCUT2D eigenvalue weighted by Crippen LogP contribution is -2.15. The summed E-state index contributed by atoms with van der Waals surface area (Å²) < 4.78 is 5.55. The zero-order chi connectivity index (χ0) is 14.4. The summed E-state index contributed by atoms with van der Waals surface area (Å²) in [5, 5.41) is 0. The Kier molecular flexibility index (Phi) is 5.19. The van der Waals surface area contributed by atoms with E-state index in [1.165, 1.54) is 16.7 Å². The third-order valence-corrected chi connectivity index (χ3v) is 3.52. The summed E-state index contributed by atoms with van der Waals surface area (Å²) in [6.07, 6.45) is 0.945. The average Bonchev–Trinajstić information content (AvgIpc) is 2.47. The van der Waals surface area contributed by atoms with Gasteiger partial charge in [-0.2, -0.15) is 0 Å². The van der Waals surface area contributed by atoms with Gasteiger partial charge in [-0.25, -0.2) is 0 Å². The van der Waals surface area contributed by atoms with Gasteiger partial charge < -0.3 is 10.5 Å². The molecule has 1 atom stereocenters. The Morgan fingerprint density at radius 1 is 1.10 bits per heavy atom. The number of hydrogen-bond donors (Lipinski definition) is 1. The van der Waals surface area contributed by atoms with Crippen molar-refractivity contribution >= 4 is 0 Å². The molecule has 0 aliphatic carbocycles. The number of rotatable bonds is 6. The van der Waals surface area contributed by atoms with Crippen molar-refractivity contribution in [2.45, 2.75) is 26.2 Å². The normalized spacial score (nSPS) is 12.2. The summed E-state index contributed by atoms with van der Waals surface area (Å²) in [6, 6.07) is 16.9. The molecular weight excluding hydrogens is 246 g/mol. The van der Waals surface area contributed by atoms with E-state index in [1.807, 2.05) is 19.1 Å². The lowest BCUT2D eigenvalue weighted by atomic mass is 9.91. The van der Waals surface area contributed by atoms with Crippen LogP contribution < -0.4 is 10.5 Å². The Morgan fingerprint density at radius 3 is 2.50 bits per heavy atom. The van der Waals surface area contributed by atoms with E-state index in [0.717, 1.165) is 12.2 Å². The maximum Gasteiger partial charge on any atom is 0.119 e. The van der Waals surface area contributed by atoms with Gasteiger partial charge in [0.2, 0.25) is 0 Å². The van der Waals surface area contributed by atoms with Gasteiger partial charge in [-0.1, -0.05) is 42.0 Å². The van der Waals surface area contributed by atoms with E-state index in [-0.39, 0.29) is 0 Å². The van der Waals surface area contributed by atoms with Crippen molar-refractivity contribution in [1.82, 2.24) is 0 Å². The summed E-state index contributed by atoms with van der Waals surface area (Å²) >= 11 is 0. The molecule has 106 valence electrons. The Morgan fingerprint density at radius 2 is 1.85 bits per heavy atom. The molecule has 0 fully saturated rings. The van der Waals surface area contributed by atoms with E-state index < -0.39 is 0 Å². The Hall–Kier alpha value is -1.80. The predicted molar refractivity (Wildman–Crippen MR) is 84.3 cm³/mol. The van der Waals surface area contributed by atoms with Crippen LogP contribution in [-0.2, 0) is 6.42 Å². The van der Waals surface area contributed by atoms with Crippen molar-refractivity contribution in [3.63, 3.8) is 0 Å². The fourth-order valence-corrected chi connectivity index (χ4v) is 2.39. The molecule has 0 saturated heterocycles. The SMILES string of the molecule is CCOc1cccc(CC(CN)c2ccc(C)cc2)c1. The standard InChI is InChI=1S/C18H23NO/c1-3-20-18-6-4-5-15(12-18)11-17(13-19)16-9-7-14(2)8-10-16/h4-10,12,17H,3,11,13,19H2,1-2H3. The first-order valence-corrected chi connectivity index (χ1v) is 7.21. The summed E-state index contributed by atoms with van der Waals surface area (Å²) in [5.74, 6) is 1.29. The van der Waals surface area contributed by atoms with Gasteiger partial charge in [-0.3, -0.25) is 0 Å². The summed E-state index contributed by atoms with van der Waals surface area (Å²) in [4.78, 5) is 0. The van der Waals surface area contributed by atoms with Crippen LogP contribution in [0.5, 0.6) is 5.75 Å². The van der Waals surface area contributed by atoms with Crippen molar-refractivity contribution in [3.05, 3.63) is 65.2 Å². The van der Waals surface area contributed by atoms with E-state index in [1.54, 1.807) is 0 Å². The minimum atomic E-state index is 0.354. The molecule has 2 rings (SSSR count). The topological polar surface area (TPSA) is 35.2 Å². The molecule has 0 aliphatic heterocycles. The molecule has 2 aromatic rings. The fraction of sp³-hybridized carbons (Fsp3) is 0.333. The average molecular weight is 269 g/mol. The molecule has 2 nitrogen and oxygen atoms in total. The Balaban J connectivity index is 2.13. The van der Waals surface area contributed by atoms with Crippen LogP contribution >= 0.6 is 0 Å². The van der Waals surface area contributed by atoms with Crippen molar-refractivity contribution < 1.29 is 4.74 Å². The molecule has 1 unspecified atom stereocenters. The van der Waals surface area contributed by atoms with Gasteiger partial charge in [0.25, 0.3) is 0 Å². The molecule has 2 heteroatoms. The van der Waals surface area contributed by atoms with Crippen LogP contribution in [0.2, 0.25) is 0 Å². The number of aryl methyl sites for hydroxylation is 1. The largest absolute Gasteiger partial charge is 0.494 e. The lowest BCUT2D eigenvalue weighted by Gasteiger charge is -2.16. The van der Waals surface area contributed by atoms with Crippen LogP contribution in [0, 0.1) is 6.92 Å². The smallest absolute Gasteiger partial charge is 0.119 e. The molecule has 0 bridgehead atoms. The van der Waals surface area contributed by atoms with Crippen molar-refractivity contribution in [2.24, 2.45) is 5.73 Å². The predicted octanol–water partition coefficient (Wildman–Crippen LogP) is 3.68. The van der Waals surface area contributed by atoms with Crippen LogP contribution in [0.4, 0.5) is 0 Å². The van der Waals surface area contributed by atoms with Crippen molar-refractivity contribution in [3.8, 4) is 5.75 Å².